The van der Waals surface area contributed by atoms with E-state index in [4.69, 9.17) is 10.2 Å². The third kappa shape index (κ3) is 3.60. The van der Waals surface area contributed by atoms with Crippen molar-refractivity contribution in [2.75, 3.05) is 5.73 Å². The van der Waals surface area contributed by atoms with E-state index in [1.807, 2.05) is 0 Å². The number of carbonyl (C=O) groups excluding carboxylic acids is 1. The second kappa shape index (κ2) is 6.42. The standard InChI is InChI=1S/C18H18F3NO4/c19-11-2-1-10-13(24)9-14(26-16(10)15(11)22)12(23)3-4-17(25)5-7-18(20,21)8-6-17/h1-2,9,25H,3-8,22H2. The van der Waals surface area contributed by atoms with E-state index in [1.54, 1.807) is 0 Å². The van der Waals surface area contributed by atoms with Gasteiger partial charge in [0.1, 0.15) is 11.5 Å². The zero-order chi connectivity index (χ0) is 19.1. The third-order valence-corrected chi connectivity index (χ3v) is 4.89. The van der Waals surface area contributed by atoms with Crippen LogP contribution in [0.1, 0.15) is 49.1 Å². The lowest BCUT2D eigenvalue weighted by Crippen LogP contribution is -2.38. The summed E-state index contributed by atoms with van der Waals surface area (Å²) in [5.41, 5.74) is 3.09. The summed E-state index contributed by atoms with van der Waals surface area (Å²) in [5.74, 6) is -4.45. The molecule has 1 saturated carbocycles. The Kier molecular flexibility index (Phi) is 4.56. The number of alkyl halides is 2. The number of hydrogen-bond acceptors (Lipinski definition) is 5. The summed E-state index contributed by atoms with van der Waals surface area (Å²) in [6.07, 6.45) is -1.29. The van der Waals surface area contributed by atoms with E-state index < -0.39 is 41.4 Å². The van der Waals surface area contributed by atoms with Crippen molar-refractivity contribution in [1.29, 1.82) is 0 Å². The number of halogens is 3. The van der Waals surface area contributed by atoms with Gasteiger partial charge in [-0.2, -0.15) is 0 Å². The van der Waals surface area contributed by atoms with Crippen molar-refractivity contribution in [3.8, 4) is 0 Å². The Hall–Kier alpha value is -2.35. The molecule has 0 atom stereocenters. The summed E-state index contributed by atoms with van der Waals surface area (Å²) in [6.45, 7) is 0. The predicted octanol–water partition coefficient (Wildman–Crippen LogP) is 3.42. The maximum Gasteiger partial charge on any atom is 0.248 e. The van der Waals surface area contributed by atoms with Gasteiger partial charge in [0.25, 0.3) is 0 Å². The minimum atomic E-state index is -2.79. The molecule has 0 saturated heterocycles. The van der Waals surface area contributed by atoms with E-state index in [2.05, 4.69) is 0 Å². The summed E-state index contributed by atoms with van der Waals surface area (Å²) in [5, 5.41) is 10.4. The molecule has 140 valence electrons. The van der Waals surface area contributed by atoms with Crippen molar-refractivity contribution in [2.24, 2.45) is 0 Å². The maximum absolute atomic E-state index is 13.6. The van der Waals surface area contributed by atoms with Crippen molar-refractivity contribution < 1.29 is 27.5 Å². The monoisotopic (exact) mass is 369 g/mol. The van der Waals surface area contributed by atoms with E-state index in [9.17, 15) is 27.9 Å². The van der Waals surface area contributed by atoms with Crippen LogP contribution in [0.3, 0.4) is 0 Å². The number of fused-ring (bicyclic) bond motifs is 1. The molecule has 3 rings (SSSR count). The molecule has 1 aliphatic rings. The van der Waals surface area contributed by atoms with Gasteiger partial charge >= 0.3 is 0 Å². The molecule has 0 bridgehead atoms. The van der Waals surface area contributed by atoms with E-state index in [-0.39, 0.29) is 48.1 Å². The number of aliphatic hydroxyl groups is 1. The summed E-state index contributed by atoms with van der Waals surface area (Å²) in [6, 6.07) is 3.23. The van der Waals surface area contributed by atoms with Gasteiger partial charge in [0, 0.05) is 25.3 Å². The number of ketones is 1. The fourth-order valence-electron chi connectivity index (χ4n) is 3.15. The first-order valence-electron chi connectivity index (χ1n) is 8.26. The van der Waals surface area contributed by atoms with Gasteiger partial charge in [0.2, 0.25) is 5.92 Å². The van der Waals surface area contributed by atoms with Gasteiger partial charge in [0.15, 0.2) is 22.6 Å². The van der Waals surface area contributed by atoms with Crippen LogP contribution in [-0.2, 0) is 0 Å². The highest BCUT2D eigenvalue weighted by molar-refractivity contribution is 5.96. The molecular weight excluding hydrogens is 351 g/mol. The van der Waals surface area contributed by atoms with E-state index >= 15 is 0 Å². The molecule has 1 heterocycles. The van der Waals surface area contributed by atoms with Crippen LogP contribution in [0, 0.1) is 5.82 Å². The van der Waals surface area contributed by atoms with Crippen LogP contribution in [0.15, 0.2) is 27.4 Å². The fourth-order valence-corrected chi connectivity index (χ4v) is 3.15. The van der Waals surface area contributed by atoms with E-state index in [0.717, 1.165) is 12.1 Å². The first kappa shape index (κ1) is 18.4. The maximum atomic E-state index is 13.6. The molecule has 0 radical (unpaired) electrons. The highest BCUT2D eigenvalue weighted by atomic mass is 19.3. The number of carbonyl (C=O) groups is 1. The van der Waals surface area contributed by atoms with Crippen LogP contribution in [0.25, 0.3) is 11.0 Å². The number of benzene rings is 1. The van der Waals surface area contributed by atoms with Crippen LogP contribution in [0.5, 0.6) is 0 Å². The SMILES string of the molecule is Nc1c(F)ccc2c(=O)cc(C(=O)CCC3(O)CCC(F)(F)CC3)oc12. The number of hydrogen-bond donors (Lipinski definition) is 2. The van der Waals surface area contributed by atoms with Gasteiger partial charge in [-0.05, 0) is 31.4 Å². The largest absolute Gasteiger partial charge is 0.450 e. The quantitative estimate of drug-likeness (QED) is 0.636. The first-order chi connectivity index (χ1) is 12.1. The van der Waals surface area contributed by atoms with Gasteiger partial charge in [-0.15, -0.1) is 0 Å². The Morgan fingerprint density at radius 2 is 1.88 bits per heavy atom. The van der Waals surface area contributed by atoms with Crippen molar-refractivity contribution in [3.05, 3.63) is 40.0 Å². The van der Waals surface area contributed by atoms with E-state index in [1.165, 1.54) is 6.07 Å². The van der Waals surface area contributed by atoms with Crippen LogP contribution in [0.2, 0.25) is 0 Å². The Bertz CT molecular complexity index is 913. The summed E-state index contributed by atoms with van der Waals surface area (Å²) in [4.78, 5) is 24.4. The van der Waals surface area contributed by atoms with Crippen LogP contribution in [0.4, 0.5) is 18.9 Å². The summed E-state index contributed by atoms with van der Waals surface area (Å²) in [7, 11) is 0. The van der Waals surface area contributed by atoms with Gasteiger partial charge in [-0.3, -0.25) is 9.59 Å². The predicted molar refractivity (Wildman–Crippen MR) is 88.8 cm³/mol. The molecule has 0 spiro atoms. The molecule has 2 aromatic rings. The van der Waals surface area contributed by atoms with Crippen molar-refractivity contribution >= 4 is 22.4 Å². The Morgan fingerprint density at radius 1 is 1.23 bits per heavy atom. The lowest BCUT2D eigenvalue weighted by atomic mass is 9.79. The Labute approximate surface area is 146 Å². The first-order valence-corrected chi connectivity index (χ1v) is 8.26. The fraction of sp³-hybridized carbons (Fsp3) is 0.444. The second-order valence-electron chi connectivity index (χ2n) is 6.82. The third-order valence-electron chi connectivity index (χ3n) is 4.89. The van der Waals surface area contributed by atoms with Gasteiger partial charge in [0.05, 0.1) is 11.0 Å². The molecule has 1 aromatic heterocycles. The number of anilines is 1. The zero-order valence-corrected chi connectivity index (χ0v) is 13.9. The molecule has 1 aliphatic carbocycles. The lowest BCUT2D eigenvalue weighted by molar-refractivity contribution is -0.106. The highest BCUT2D eigenvalue weighted by Crippen LogP contribution is 2.40. The molecule has 1 fully saturated rings. The Balaban J connectivity index is 1.78. The molecule has 8 heteroatoms. The highest BCUT2D eigenvalue weighted by Gasteiger charge is 2.42. The average Bonchev–Trinajstić information content (AvgIpc) is 2.59. The Morgan fingerprint density at radius 3 is 2.54 bits per heavy atom. The van der Waals surface area contributed by atoms with Crippen LogP contribution < -0.4 is 11.2 Å². The molecule has 0 amide bonds. The molecule has 3 N–H and O–H groups in total. The zero-order valence-electron chi connectivity index (χ0n) is 13.9. The minimum Gasteiger partial charge on any atom is -0.450 e. The molecule has 26 heavy (non-hydrogen) atoms. The smallest absolute Gasteiger partial charge is 0.248 e. The summed E-state index contributed by atoms with van der Waals surface area (Å²) < 4.78 is 45.3. The average molecular weight is 369 g/mol. The lowest BCUT2D eigenvalue weighted by Gasteiger charge is -2.35. The second-order valence-corrected chi connectivity index (χ2v) is 6.82. The van der Waals surface area contributed by atoms with Crippen LogP contribution in [-0.4, -0.2) is 22.4 Å². The molecule has 1 aromatic carbocycles. The number of nitrogens with two attached hydrogens (primary N) is 1. The molecular formula is C18H18F3NO4. The minimum absolute atomic E-state index is 0.0255. The summed E-state index contributed by atoms with van der Waals surface area (Å²) >= 11 is 0. The normalized spacial score (nSPS) is 18.8. The molecule has 5 nitrogen and oxygen atoms in total. The van der Waals surface area contributed by atoms with Gasteiger partial charge in [-0.1, -0.05) is 0 Å². The van der Waals surface area contributed by atoms with Gasteiger partial charge < -0.3 is 15.3 Å². The van der Waals surface area contributed by atoms with Gasteiger partial charge in [-0.25, -0.2) is 13.2 Å². The topological polar surface area (TPSA) is 93.5 Å². The molecule has 0 aliphatic heterocycles. The van der Waals surface area contributed by atoms with Crippen molar-refractivity contribution in [1.82, 2.24) is 0 Å². The number of nitrogen functional groups attached to an aromatic ring is 1. The number of Topliss-reactive ketones (excluding diaryl/α,β-unsaturated/α-hetero) is 1. The van der Waals surface area contributed by atoms with Crippen LogP contribution >= 0.6 is 0 Å². The van der Waals surface area contributed by atoms with Crippen molar-refractivity contribution in [3.63, 3.8) is 0 Å². The van der Waals surface area contributed by atoms with Crippen molar-refractivity contribution in [2.45, 2.75) is 50.0 Å². The molecule has 0 unspecified atom stereocenters. The van der Waals surface area contributed by atoms with E-state index in [0.29, 0.717) is 0 Å². The number of rotatable bonds is 4.